The number of hydrogen-bond donors (Lipinski definition) is 0. The molecule has 4 nitrogen and oxygen atoms in total. The van der Waals surface area contributed by atoms with E-state index in [1.165, 1.54) is 22.7 Å². The highest BCUT2D eigenvalue weighted by Crippen LogP contribution is 2.29. The Kier molecular flexibility index (Phi) is 5.63. The highest BCUT2D eigenvalue weighted by molar-refractivity contribution is 7.16. The van der Waals surface area contributed by atoms with Crippen molar-refractivity contribution in [1.82, 2.24) is 9.88 Å². The zero-order chi connectivity index (χ0) is 19.4. The topological polar surface area (TPSA) is 57.0 Å². The predicted octanol–water partition coefficient (Wildman–Crippen LogP) is 4.85. The third-order valence-corrected chi connectivity index (χ3v) is 5.37. The molecule has 0 saturated heterocycles. The van der Waals surface area contributed by atoms with Crippen molar-refractivity contribution >= 4 is 17.2 Å². The van der Waals surface area contributed by atoms with Gasteiger partial charge in [-0.3, -0.25) is 4.79 Å². The molecule has 2 aromatic carbocycles. The van der Waals surface area contributed by atoms with Crippen LogP contribution in [0.15, 0.2) is 54.7 Å². The molecule has 0 aliphatic rings. The summed E-state index contributed by atoms with van der Waals surface area (Å²) in [6.45, 7) is 2.06. The highest BCUT2D eigenvalue weighted by Gasteiger charge is 2.24. The third kappa shape index (κ3) is 3.88. The summed E-state index contributed by atoms with van der Waals surface area (Å²) in [5, 5.41) is 10.0. The molecular weight excluding hydrogens is 361 g/mol. The van der Waals surface area contributed by atoms with Crippen molar-refractivity contribution in [1.29, 1.82) is 5.26 Å². The van der Waals surface area contributed by atoms with E-state index in [4.69, 9.17) is 0 Å². The lowest BCUT2D eigenvalue weighted by Gasteiger charge is -2.22. The Balaban J connectivity index is 1.84. The number of rotatable bonds is 5. The number of amides is 1. The molecule has 1 heterocycles. The van der Waals surface area contributed by atoms with Gasteiger partial charge in [0.05, 0.1) is 12.3 Å². The summed E-state index contributed by atoms with van der Waals surface area (Å²) >= 11 is 1.11. The van der Waals surface area contributed by atoms with Crippen LogP contribution in [-0.4, -0.2) is 22.8 Å². The molecule has 3 rings (SSSR count). The molecule has 1 amide bonds. The van der Waals surface area contributed by atoms with Crippen LogP contribution < -0.4 is 0 Å². The number of carbonyl (C=O) groups excluding carboxylic acids is 1. The molecule has 1 aromatic heterocycles. The van der Waals surface area contributed by atoms with Gasteiger partial charge in [0.1, 0.15) is 21.7 Å². The van der Waals surface area contributed by atoms with E-state index in [-0.39, 0.29) is 11.7 Å². The van der Waals surface area contributed by atoms with Crippen LogP contribution in [0.25, 0.3) is 10.6 Å². The summed E-state index contributed by atoms with van der Waals surface area (Å²) < 4.78 is 13.9. The molecule has 0 saturated carbocycles. The molecule has 0 bridgehead atoms. The molecule has 136 valence electrons. The number of aromatic nitrogens is 1. The average molecular weight is 379 g/mol. The first-order valence-corrected chi connectivity index (χ1v) is 9.33. The smallest absolute Gasteiger partial charge is 0.266 e. The van der Waals surface area contributed by atoms with Crippen LogP contribution in [0.5, 0.6) is 0 Å². The van der Waals surface area contributed by atoms with Crippen LogP contribution in [0, 0.1) is 17.1 Å². The normalized spacial score (nSPS) is 11.6. The van der Waals surface area contributed by atoms with Crippen LogP contribution >= 0.6 is 11.3 Å². The van der Waals surface area contributed by atoms with Crippen molar-refractivity contribution < 1.29 is 9.18 Å². The quantitative estimate of drug-likeness (QED) is 0.637. The minimum atomic E-state index is -0.706. The van der Waals surface area contributed by atoms with E-state index in [1.54, 1.807) is 25.2 Å². The summed E-state index contributed by atoms with van der Waals surface area (Å²) in [6, 6.07) is 15.4. The Bertz CT molecular complexity index is 991. The number of thiazole rings is 1. The second-order valence-corrected chi connectivity index (χ2v) is 7.08. The number of aryl methyl sites for hydroxylation is 1. The van der Waals surface area contributed by atoms with Gasteiger partial charge in [0, 0.05) is 12.6 Å². The maximum absolute atomic E-state index is 13.9. The summed E-state index contributed by atoms with van der Waals surface area (Å²) in [6.07, 6.45) is 2.34. The van der Waals surface area contributed by atoms with Crippen molar-refractivity contribution in [2.24, 2.45) is 0 Å². The first-order valence-electron chi connectivity index (χ1n) is 8.51. The molecule has 1 unspecified atom stereocenters. The van der Waals surface area contributed by atoms with Crippen LogP contribution in [0.4, 0.5) is 4.39 Å². The van der Waals surface area contributed by atoms with Crippen LogP contribution in [0.2, 0.25) is 0 Å². The summed E-state index contributed by atoms with van der Waals surface area (Å²) in [4.78, 5) is 18.8. The van der Waals surface area contributed by atoms with E-state index in [0.29, 0.717) is 15.4 Å². The Hall–Kier alpha value is -3.04. The highest BCUT2D eigenvalue weighted by atomic mass is 32.1. The van der Waals surface area contributed by atoms with Gasteiger partial charge >= 0.3 is 0 Å². The summed E-state index contributed by atoms with van der Waals surface area (Å²) in [5.74, 6) is -0.702. The zero-order valence-electron chi connectivity index (χ0n) is 15.0. The number of nitriles is 1. The minimum Gasteiger partial charge on any atom is -0.321 e. The van der Waals surface area contributed by atoms with Crippen molar-refractivity contribution in [3.05, 3.63) is 76.5 Å². The van der Waals surface area contributed by atoms with Gasteiger partial charge in [0.25, 0.3) is 5.91 Å². The van der Waals surface area contributed by atoms with Gasteiger partial charge in [0.2, 0.25) is 0 Å². The molecule has 3 aromatic rings. The Morgan fingerprint density at radius 1 is 1.26 bits per heavy atom. The van der Waals surface area contributed by atoms with Crippen molar-refractivity contribution in [3.63, 3.8) is 0 Å². The Labute approximate surface area is 161 Å². The largest absolute Gasteiger partial charge is 0.321 e. The maximum Gasteiger partial charge on any atom is 0.266 e. The number of nitrogens with zero attached hydrogens (tertiary/aromatic N) is 3. The van der Waals surface area contributed by atoms with Crippen molar-refractivity contribution in [3.8, 4) is 16.6 Å². The van der Waals surface area contributed by atoms with Gasteiger partial charge in [0.15, 0.2) is 0 Å². The number of halogens is 1. The average Bonchev–Trinajstić information content (AvgIpc) is 3.18. The zero-order valence-corrected chi connectivity index (χ0v) is 15.8. The SMILES string of the molecule is CCc1ccc(C(C#N)N(C)C(=O)c2cnc(-c3ccccc3F)s2)cc1. The van der Waals surface area contributed by atoms with Gasteiger partial charge < -0.3 is 4.90 Å². The van der Waals surface area contributed by atoms with E-state index in [1.807, 2.05) is 24.3 Å². The van der Waals surface area contributed by atoms with Crippen LogP contribution in [-0.2, 0) is 6.42 Å². The van der Waals surface area contributed by atoms with Crippen LogP contribution in [0.1, 0.15) is 33.8 Å². The Morgan fingerprint density at radius 3 is 2.59 bits per heavy atom. The second kappa shape index (κ2) is 8.11. The molecule has 0 N–H and O–H groups in total. The molecule has 0 spiro atoms. The van der Waals surface area contributed by atoms with Gasteiger partial charge in [-0.25, -0.2) is 9.37 Å². The van der Waals surface area contributed by atoms with Crippen molar-refractivity contribution in [2.75, 3.05) is 7.05 Å². The van der Waals surface area contributed by atoms with E-state index in [9.17, 15) is 14.4 Å². The molecule has 6 heteroatoms. The molecule has 0 aliphatic heterocycles. The van der Waals surface area contributed by atoms with Gasteiger partial charge in [-0.05, 0) is 29.7 Å². The van der Waals surface area contributed by atoms with Gasteiger partial charge in [-0.1, -0.05) is 43.3 Å². The molecule has 0 radical (unpaired) electrons. The van der Waals surface area contributed by atoms with Gasteiger partial charge in [-0.15, -0.1) is 11.3 Å². The number of hydrogen-bond acceptors (Lipinski definition) is 4. The fourth-order valence-electron chi connectivity index (χ4n) is 2.74. The summed E-state index contributed by atoms with van der Waals surface area (Å²) in [7, 11) is 1.59. The van der Waals surface area contributed by atoms with E-state index < -0.39 is 6.04 Å². The fraction of sp³-hybridized carbons (Fsp3) is 0.190. The second-order valence-electron chi connectivity index (χ2n) is 6.05. The number of benzene rings is 2. The molecule has 0 fully saturated rings. The Morgan fingerprint density at radius 2 is 1.96 bits per heavy atom. The summed E-state index contributed by atoms with van der Waals surface area (Å²) in [5.41, 5.74) is 2.28. The fourth-order valence-corrected chi connectivity index (χ4v) is 3.67. The molecule has 1 atom stereocenters. The molecule has 0 aliphatic carbocycles. The maximum atomic E-state index is 13.9. The van der Waals surface area contributed by atoms with Crippen LogP contribution in [0.3, 0.4) is 0 Å². The first kappa shape index (κ1) is 18.7. The molecule has 27 heavy (non-hydrogen) atoms. The monoisotopic (exact) mass is 379 g/mol. The van der Waals surface area contributed by atoms with E-state index in [0.717, 1.165) is 23.3 Å². The number of carbonyl (C=O) groups is 1. The first-order chi connectivity index (χ1) is 13.0. The minimum absolute atomic E-state index is 0.318. The standard InChI is InChI=1S/C21H18FN3OS/c1-3-14-8-10-15(11-9-14)18(12-23)25(2)21(26)19-13-24-20(27-19)16-6-4-5-7-17(16)22/h4-11,13,18H,3H2,1-2H3. The lowest BCUT2D eigenvalue weighted by atomic mass is 10.0. The van der Waals surface area contributed by atoms with Crippen molar-refractivity contribution in [2.45, 2.75) is 19.4 Å². The van der Waals surface area contributed by atoms with Gasteiger partial charge in [-0.2, -0.15) is 5.26 Å². The van der Waals surface area contributed by atoms with E-state index >= 15 is 0 Å². The third-order valence-electron chi connectivity index (χ3n) is 4.35. The molecular formula is C21H18FN3OS. The lowest BCUT2D eigenvalue weighted by Crippen LogP contribution is -2.30. The lowest BCUT2D eigenvalue weighted by molar-refractivity contribution is 0.0768. The van der Waals surface area contributed by atoms with E-state index in [2.05, 4.69) is 18.0 Å². The predicted molar refractivity (Wildman–Crippen MR) is 104 cm³/mol.